The number of nitrogens with one attached hydrogen (secondary N) is 1. The Morgan fingerprint density at radius 3 is 2.36 bits per heavy atom. The summed E-state index contributed by atoms with van der Waals surface area (Å²) in [6, 6.07) is 0. The van der Waals surface area contributed by atoms with Crippen LogP contribution in [-0.4, -0.2) is 9.78 Å². The van der Waals surface area contributed by atoms with Gasteiger partial charge in [-0.2, -0.15) is 0 Å². The molecule has 80 valence electrons. The van der Waals surface area contributed by atoms with E-state index in [9.17, 15) is 4.79 Å². The Kier molecular flexibility index (Phi) is 2.88. The van der Waals surface area contributed by atoms with Crippen LogP contribution in [0.4, 0.5) is 0 Å². The van der Waals surface area contributed by atoms with Crippen LogP contribution in [0.3, 0.4) is 0 Å². The molecule has 0 spiro atoms. The molecular weight excluding hydrogens is 176 g/mol. The molecule has 0 atom stereocenters. The molecule has 0 aliphatic rings. The van der Waals surface area contributed by atoms with Crippen molar-refractivity contribution in [2.24, 2.45) is 5.92 Å². The summed E-state index contributed by atoms with van der Waals surface area (Å²) in [5, 5.41) is 3.02. The third kappa shape index (κ3) is 2.28. The molecular formula is C11H20N2O. The summed E-state index contributed by atoms with van der Waals surface area (Å²) in [6.07, 6.45) is 1.82. The van der Waals surface area contributed by atoms with E-state index in [4.69, 9.17) is 0 Å². The molecule has 1 N–H and O–H groups in total. The van der Waals surface area contributed by atoms with E-state index in [0.29, 0.717) is 5.92 Å². The van der Waals surface area contributed by atoms with Gasteiger partial charge in [0.25, 0.3) is 5.56 Å². The fourth-order valence-electron chi connectivity index (χ4n) is 1.45. The molecule has 0 saturated heterocycles. The Hall–Kier alpha value is -0.990. The van der Waals surface area contributed by atoms with E-state index in [0.717, 1.165) is 12.1 Å². The third-order valence-corrected chi connectivity index (χ3v) is 2.20. The second kappa shape index (κ2) is 3.64. The molecule has 0 saturated carbocycles. The number of nitrogens with zero attached hydrogens (tertiary/aromatic N) is 1. The highest BCUT2D eigenvalue weighted by Crippen LogP contribution is 2.17. The van der Waals surface area contributed by atoms with Crippen LogP contribution in [0.5, 0.6) is 0 Å². The normalized spacial score (nSPS) is 12.4. The van der Waals surface area contributed by atoms with Gasteiger partial charge in [-0.3, -0.25) is 9.48 Å². The third-order valence-electron chi connectivity index (χ3n) is 2.20. The van der Waals surface area contributed by atoms with E-state index < -0.39 is 0 Å². The summed E-state index contributed by atoms with van der Waals surface area (Å²) in [7, 11) is 0. The predicted molar refractivity (Wildman–Crippen MR) is 58.6 cm³/mol. The Balaban J connectivity index is 3.04. The maximum atomic E-state index is 11.9. The van der Waals surface area contributed by atoms with Crippen molar-refractivity contribution >= 4 is 0 Å². The van der Waals surface area contributed by atoms with Crippen molar-refractivity contribution in [1.82, 2.24) is 9.78 Å². The average molecular weight is 196 g/mol. The maximum absolute atomic E-state index is 11.9. The summed E-state index contributed by atoms with van der Waals surface area (Å²) in [6.45, 7) is 11.1. The average Bonchev–Trinajstić information content (AvgIpc) is 2.30. The summed E-state index contributed by atoms with van der Waals surface area (Å²) >= 11 is 0. The van der Waals surface area contributed by atoms with Crippen molar-refractivity contribution in [3.8, 4) is 0 Å². The molecule has 0 bridgehead atoms. The second-order valence-electron chi connectivity index (χ2n) is 5.25. The SMILES string of the molecule is CC(C)Cn1[nH]cc(C(C)(C)C)c1=O. The molecule has 0 fully saturated rings. The Morgan fingerprint density at radius 2 is 2.00 bits per heavy atom. The monoisotopic (exact) mass is 196 g/mol. The van der Waals surface area contributed by atoms with E-state index >= 15 is 0 Å². The number of aromatic amines is 1. The first-order chi connectivity index (χ1) is 6.32. The van der Waals surface area contributed by atoms with Gasteiger partial charge in [-0.05, 0) is 11.3 Å². The number of H-pyrrole nitrogens is 1. The van der Waals surface area contributed by atoms with Gasteiger partial charge in [-0.25, -0.2) is 0 Å². The zero-order chi connectivity index (χ0) is 10.9. The van der Waals surface area contributed by atoms with Crippen molar-refractivity contribution in [1.29, 1.82) is 0 Å². The van der Waals surface area contributed by atoms with Crippen molar-refractivity contribution < 1.29 is 0 Å². The van der Waals surface area contributed by atoms with E-state index in [1.54, 1.807) is 4.68 Å². The lowest BCUT2D eigenvalue weighted by molar-refractivity contribution is 0.469. The van der Waals surface area contributed by atoms with E-state index in [2.05, 4.69) is 39.7 Å². The fraction of sp³-hybridized carbons (Fsp3) is 0.727. The highest BCUT2D eigenvalue weighted by atomic mass is 16.1. The number of hydrogen-bond acceptors (Lipinski definition) is 1. The van der Waals surface area contributed by atoms with Gasteiger partial charge in [0.1, 0.15) is 0 Å². The van der Waals surface area contributed by atoms with E-state index in [-0.39, 0.29) is 11.0 Å². The lowest BCUT2D eigenvalue weighted by atomic mass is 9.89. The van der Waals surface area contributed by atoms with Gasteiger partial charge >= 0.3 is 0 Å². The van der Waals surface area contributed by atoms with Gasteiger partial charge in [0.2, 0.25) is 0 Å². The van der Waals surface area contributed by atoms with E-state index in [1.165, 1.54) is 0 Å². The fourth-order valence-corrected chi connectivity index (χ4v) is 1.45. The Labute approximate surface area is 85.1 Å². The second-order valence-corrected chi connectivity index (χ2v) is 5.25. The van der Waals surface area contributed by atoms with Crippen LogP contribution >= 0.6 is 0 Å². The first kappa shape index (κ1) is 11.1. The van der Waals surface area contributed by atoms with Crippen molar-refractivity contribution in [2.45, 2.75) is 46.6 Å². The van der Waals surface area contributed by atoms with E-state index in [1.807, 2.05) is 6.20 Å². The molecule has 1 rings (SSSR count). The van der Waals surface area contributed by atoms with Crippen molar-refractivity contribution in [3.05, 3.63) is 22.1 Å². The molecule has 1 aromatic rings. The van der Waals surface area contributed by atoms with Crippen LogP contribution in [0.15, 0.2) is 11.0 Å². The zero-order valence-corrected chi connectivity index (χ0v) is 9.72. The van der Waals surface area contributed by atoms with Crippen LogP contribution in [-0.2, 0) is 12.0 Å². The quantitative estimate of drug-likeness (QED) is 0.773. The van der Waals surface area contributed by atoms with Crippen LogP contribution in [0, 0.1) is 5.92 Å². The Morgan fingerprint density at radius 1 is 1.43 bits per heavy atom. The lowest BCUT2D eigenvalue weighted by Crippen LogP contribution is -2.26. The van der Waals surface area contributed by atoms with Gasteiger partial charge < -0.3 is 5.10 Å². The Bertz CT molecular complexity index is 352. The van der Waals surface area contributed by atoms with Crippen molar-refractivity contribution in [2.75, 3.05) is 0 Å². The molecule has 1 heterocycles. The molecule has 1 aromatic heterocycles. The minimum atomic E-state index is -0.0736. The molecule has 14 heavy (non-hydrogen) atoms. The summed E-state index contributed by atoms with van der Waals surface area (Å²) in [4.78, 5) is 11.9. The lowest BCUT2D eigenvalue weighted by Gasteiger charge is -2.14. The van der Waals surface area contributed by atoms with Crippen LogP contribution in [0.2, 0.25) is 0 Å². The van der Waals surface area contributed by atoms with Gasteiger partial charge in [0.15, 0.2) is 0 Å². The van der Waals surface area contributed by atoms with Crippen LogP contribution in [0.1, 0.15) is 40.2 Å². The molecule has 0 amide bonds. The smallest absolute Gasteiger partial charge is 0.270 e. The molecule has 3 nitrogen and oxygen atoms in total. The molecule has 0 unspecified atom stereocenters. The van der Waals surface area contributed by atoms with Crippen molar-refractivity contribution in [3.63, 3.8) is 0 Å². The molecule has 0 aliphatic heterocycles. The maximum Gasteiger partial charge on any atom is 0.270 e. The number of rotatable bonds is 2. The van der Waals surface area contributed by atoms with Crippen LogP contribution in [0.25, 0.3) is 0 Å². The first-order valence-corrected chi connectivity index (χ1v) is 5.11. The molecule has 3 heteroatoms. The van der Waals surface area contributed by atoms with Gasteiger partial charge in [-0.15, -0.1) is 0 Å². The topological polar surface area (TPSA) is 37.8 Å². The first-order valence-electron chi connectivity index (χ1n) is 5.11. The summed E-state index contributed by atoms with van der Waals surface area (Å²) < 4.78 is 1.69. The highest BCUT2D eigenvalue weighted by Gasteiger charge is 2.20. The predicted octanol–water partition coefficient (Wildman–Crippen LogP) is 2.13. The summed E-state index contributed by atoms with van der Waals surface area (Å²) in [5.41, 5.74) is 0.903. The number of aromatic nitrogens is 2. The number of hydrogen-bond donors (Lipinski definition) is 1. The molecule has 0 radical (unpaired) electrons. The molecule has 0 aliphatic carbocycles. The largest absolute Gasteiger partial charge is 0.303 e. The standard InChI is InChI=1S/C11H20N2O/c1-8(2)7-13-10(14)9(6-12-13)11(3,4)5/h6,8,12H,7H2,1-5H3. The van der Waals surface area contributed by atoms with Gasteiger partial charge in [-0.1, -0.05) is 34.6 Å². The van der Waals surface area contributed by atoms with Gasteiger partial charge in [0.05, 0.1) is 0 Å². The highest BCUT2D eigenvalue weighted by molar-refractivity contribution is 5.15. The van der Waals surface area contributed by atoms with Gasteiger partial charge in [0, 0.05) is 18.3 Å². The minimum Gasteiger partial charge on any atom is -0.303 e. The minimum absolute atomic E-state index is 0.0736. The summed E-state index contributed by atoms with van der Waals surface area (Å²) in [5.74, 6) is 0.485. The molecule has 0 aromatic carbocycles. The zero-order valence-electron chi connectivity index (χ0n) is 9.72. The van der Waals surface area contributed by atoms with Crippen LogP contribution < -0.4 is 5.56 Å².